The molecule has 0 atom stereocenters. The molecule has 1 N–H and O–H groups in total. The maximum absolute atomic E-state index is 4.96. The molecule has 0 aromatic heterocycles. The van der Waals surface area contributed by atoms with E-state index < -0.39 is 0 Å². The van der Waals surface area contributed by atoms with Gasteiger partial charge in [-0.2, -0.15) is 0 Å². The quantitative estimate of drug-likeness (QED) is 0.771. The third kappa shape index (κ3) is 2.64. The molecule has 0 aromatic rings. The standard InChI is InChI=1S/C14H24N2S/c1-11-4-6-12(7-5-11)15-13-16-14(10-17-13)8-2-3-9-14/h11-12H,2-10H2,1H3,(H,15,16). The molecule has 96 valence electrons. The zero-order valence-corrected chi connectivity index (χ0v) is 11.7. The van der Waals surface area contributed by atoms with Crippen LogP contribution in [0.15, 0.2) is 4.99 Å². The Morgan fingerprint density at radius 2 is 1.88 bits per heavy atom. The molecule has 3 aliphatic rings. The smallest absolute Gasteiger partial charge is 0.157 e. The zero-order chi connectivity index (χ0) is 11.7. The third-order valence-electron chi connectivity index (χ3n) is 4.70. The summed E-state index contributed by atoms with van der Waals surface area (Å²) in [5.41, 5.74) is 0.436. The molecule has 1 heterocycles. The lowest BCUT2D eigenvalue weighted by Crippen LogP contribution is -2.41. The third-order valence-corrected chi connectivity index (χ3v) is 5.88. The van der Waals surface area contributed by atoms with Gasteiger partial charge in [-0.1, -0.05) is 31.5 Å². The topological polar surface area (TPSA) is 24.4 Å². The minimum absolute atomic E-state index is 0.436. The molecular weight excluding hydrogens is 228 g/mol. The molecule has 0 unspecified atom stereocenters. The van der Waals surface area contributed by atoms with Crippen LogP contribution < -0.4 is 5.32 Å². The first-order chi connectivity index (χ1) is 8.26. The van der Waals surface area contributed by atoms with Crippen molar-refractivity contribution in [1.29, 1.82) is 0 Å². The fraction of sp³-hybridized carbons (Fsp3) is 0.929. The average molecular weight is 252 g/mol. The van der Waals surface area contributed by atoms with Gasteiger partial charge in [-0.3, -0.25) is 4.99 Å². The molecule has 3 fully saturated rings. The SMILES string of the molecule is CC1CCC(N=C2NC3(CCCC3)CS2)CC1. The molecule has 3 rings (SSSR count). The predicted octanol–water partition coefficient (Wildman–Crippen LogP) is 3.57. The zero-order valence-electron chi connectivity index (χ0n) is 10.9. The van der Waals surface area contributed by atoms with Gasteiger partial charge in [-0.15, -0.1) is 0 Å². The maximum atomic E-state index is 4.96. The van der Waals surface area contributed by atoms with E-state index in [1.54, 1.807) is 0 Å². The van der Waals surface area contributed by atoms with E-state index >= 15 is 0 Å². The van der Waals surface area contributed by atoms with E-state index in [0.717, 1.165) is 5.92 Å². The van der Waals surface area contributed by atoms with Crippen LogP contribution in [-0.4, -0.2) is 22.5 Å². The van der Waals surface area contributed by atoms with Crippen molar-refractivity contribution in [3.8, 4) is 0 Å². The largest absolute Gasteiger partial charge is 0.359 e. The molecular formula is C14H24N2S. The van der Waals surface area contributed by atoms with Crippen LogP contribution in [0.2, 0.25) is 0 Å². The van der Waals surface area contributed by atoms with E-state index in [4.69, 9.17) is 4.99 Å². The summed E-state index contributed by atoms with van der Waals surface area (Å²) in [5.74, 6) is 2.19. The minimum atomic E-state index is 0.436. The van der Waals surface area contributed by atoms with Crippen LogP contribution in [0.5, 0.6) is 0 Å². The fourth-order valence-electron chi connectivity index (χ4n) is 3.43. The first-order valence-electron chi connectivity index (χ1n) is 7.25. The molecule has 2 nitrogen and oxygen atoms in total. The highest BCUT2D eigenvalue weighted by Crippen LogP contribution is 2.38. The first kappa shape index (κ1) is 11.9. The van der Waals surface area contributed by atoms with Crippen molar-refractivity contribution in [2.24, 2.45) is 10.9 Å². The number of hydrogen-bond acceptors (Lipinski definition) is 2. The lowest BCUT2D eigenvalue weighted by Gasteiger charge is -2.25. The van der Waals surface area contributed by atoms with E-state index in [-0.39, 0.29) is 0 Å². The second kappa shape index (κ2) is 4.83. The summed E-state index contributed by atoms with van der Waals surface area (Å²) >= 11 is 1.97. The van der Waals surface area contributed by atoms with Gasteiger partial charge in [-0.05, 0) is 44.4 Å². The van der Waals surface area contributed by atoms with E-state index in [1.165, 1.54) is 62.3 Å². The Balaban J connectivity index is 1.58. The van der Waals surface area contributed by atoms with Crippen LogP contribution in [-0.2, 0) is 0 Å². The number of nitrogens with zero attached hydrogens (tertiary/aromatic N) is 1. The van der Waals surface area contributed by atoms with Gasteiger partial charge >= 0.3 is 0 Å². The van der Waals surface area contributed by atoms with Crippen LogP contribution in [0.1, 0.15) is 58.3 Å². The Kier molecular flexibility index (Phi) is 3.38. The van der Waals surface area contributed by atoms with E-state index in [1.807, 2.05) is 11.8 Å². The van der Waals surface area contributed by atoms with Gasteiger partial charge in [0.05, 0.1) is 6.04 Å². The lowest BCUT2D eigenvalue weighted by atomic mass is 9.88. The van der Waals surface area contributed by atoms with Crippen LogP contribution >= 0.6 is 11.8 Å². The van der Waals surface area contributed by atoms with E-state index in [2.05, 4.69) is 12.2 Å². The van der Waals surface area contributed by atoms with E-state index in [0.29, 0.717) is 11.6 Å². The number of aliphatic imine (C=N–C) groups is 1. The highest BCUT2D eigenvalue weighted by Gasteiger charge is 2.39. The number of rotatable bonds is 1. The Morgan fingerprint density at radius 1 is 1.18 bits per heavy atom. The average Bonchev–Trinajstić information content (AvgIpc) is 2.94. The summed E-state index contributed by atoms with van der Waals surface area (Å²) in [4.78, 5) is 4.96. The lowest BCUT2D eigenvalue weighted by molar-refractivity contribution is 0.348. The summed E-state index contributed by atoms with van der Waals surface area (Å²) in [6.45, 7) is 2.37. The number of amidine groups is 1. The predicted molar refractivity (Wildman–Crippen MR) is 75.6 cm³/mol. The summed E-state index contributed by atoms with van der Waals surface area (Å²) < 4.78 is 0. The number of thioether (sulfide) groups is 1. The molecule has 3 heteroatoms. The van der Waals surface area contributed by atoms with Crippen LogP contribution in [0.25, 0.3) is 0 Å². The van der Waals surface area contributed by atoms with Crippen molar-refractivity contribution in [2.75, 3.05) is 5.75 Å². The van der Waals surface area contributed by atoms with Crippen molar-refractivity contribution in [1.82, 2.24) is 5.32 Å². The van der Waals surface area contributed by atoms with Crippen molar-refractivity contribution in [3.63, 3.8) is 0 Å². The van der Waals surface area contributed by atoms with Crippen molar-refractivity contribution >= 4 is 16.9 Å². The Labute approximate surface area is 109 Å². The minimum Gasteiger partial charge on any atom is -0.359 e. The number of hydrogen-bond donors (Lipinski definition) is 1. The molecule has 0 amide bonds. The van der Waals surface area contributed by atoms with Gasteiger partial charge in [0.1, 0.15) is 0 Å². The van der Waals surface area contributed by atoms with Crippen LogP contribution in [0.3, 0.4) is 0 Å². The molecule has 0 bridgehead atoms. The molecule has 1 aliphatic heterocycles. The van der Waals surface area contributed by atoms with Crippen molar-refractivity contribution in [2.45, 2.75) is 69.9 Å². The Morgan fingerprint density at radius 3 is 2.59 bits per heavy atom. The normalized spacial score (nSPS) is 38.8. The van der Waals surface area contributed by atoms with E-state index in [9.17, 15) is 0 Å². The first-order valence-corrected chi connectivity index (χ1v) is 8.23. The molecule has 1 saturated heterocycles. The van der Waals surface area contributed by atoms with Gasteiger partial charge in [0.25, 0.3) is 0 Å². The fourth-order valence-corrected chi connectivity index (χ4v) is 4.72. The van der Waals surface area contributed by atoms with Crippen molar-refractivity contribution < 1.29 is 0 Å². The molecule has 2 aliphatic carbocycles. The molecule has 0 radical (unpaired) electrons. The molecule has 17 heavy (non-hydrogen) atoms. The second-order valence-electron chi connectivity index (χ2n) is 6.25. The molecule has 0 aromatic carbocycles. The van der Waals surface area contributed by atoms with Crippen molar-refractivity contribution in [3.05, 3.63) is 0 Å². The summed E-state index contributed by atoms with van der Waals surface area (Å²) in [7, 11) is 0. The van der Waals surface area contributed by atoms with Gasteiger partial charge in [-0.25, -0.2) is 0 Å². The summed E-state index contributed by atoms with van der Waals surface area (Å²) in [6.07, 6.45) is 10.9. The second-order valence-corrected chi connectivity index (χ2v) is 7.21. The van der Waals surface area contributed by atoms with Gasteiger partial charge < -0.3 is 5.32 Å². The van der Waals surface area contributed by atoms with Gasteiger partial charge in [0.15, 0.2) is 5.17 Å². The van der Waals surface area contributed by atoms with Gasteiger partial charge in [0.2, 0.25) is 0 Å². The highest BCUT2D eigenvalue weighted by molar-refractivity contribution is 8.14. The summed E-state index contributed by atoms with van der Waals surface area (Å²) in [6, 6.07) is 0.609. The Bertz CT molecular complexity index is 299. The maximum Gasteiger partial charge on any atom is 0.157 e. The monoisotopic (exact) mass is 252 g/mol. The van der Waals surface area contributed by atoms with Crippen LogP contribution in [0.4, 0.5) is 0 Å². The highest BCUT2D eigenvalue weighted by atomic mass is 32.2. The molecule has 2 saturated carbocycles. The Hall–Kier alpha value is -0.180. The number of nitrogens with one attached hydrogen (secondary N) is 1. The molecule has 1 spiro atoms. The summed E-state index contributed by atoms with van der Waals surface area (Å²) in [5, 5.41) is 4.99. The van der Waals surface area contributed by atoms with Crippen LogP contribution in [0, 0.1) is 5.92 Å². The van der Waals surface area contributed by atoms with Gasteiger partial charge in [0, 0.05) is 11.3 Å².